The molecular formula is C25H32N4O6S. The van der Waals surface area contributed by atoms with Gasteiger partial charge in [-0.1, -0.05) is 60.3 Å². The van der Waals surface area contributed by atoms with Crippen LogP contribution in [0.3, 0.4) is 0 Å². The molecule has 2 aromatic carbocycles. The Labute approximate surface area is 214 Å². The number of hydrogen-bond acceptors (Lipinski definition) is 7. The molecule has 10 nitrogen and oxygen atoms in total. The molecule has 2 rings (SSSR count). The first-order valence-electron chi connectivity index (χ1n) is 11.3. The minimum absolute atomic E-state index is 0.118. The maximum absolute atomic E-state index is 12.6. The number of rotatable bonds is 10. The van der Waals surface area contributed by atoms with E-state index in [-0.39, 0.29) is 18.3 Å². The minimum Gasteiger partial charge on any atom is -0.491 e. The van der Waals surface area contributed by atoms with E-state index in [1.807, 2.05) is 36.4 Å². The zero-order chi connectivity index (χ0) is 26.4. The van der Waals surface area contributed by atoms with Crippen LogP contribution >= 0.6 is 11.8 Å². The quantitative estimate of drug-likeness (QED) is 0.357. The van der Waals surface area contributed by atoms with Gasteiger partial charge < -0.3 is 20.1 Å². The number of thioether (sulfide) groups is 1. The highest BCUT2D eigenvalue weighted by Gasteiger charge is 2.25. The van der Waals surface area contributed by atoms with Gasteiger partial charge in [-0.2, -0.15) is 0 Å². The number of nitrogens with one attached hydrogen (secondary N) is 4. The third kappa shape index (κ3) is 12.1. The Morgan fingerprint density at radius 1 is 0.917 bits per heavy atom. The van der Waals surface area contributed by atoms with Crippen LogP contribution in [0.15, 0.2) is 60.7 Å². The lowest BCUT2D eigenvalue weighted by molar-refractivity contribution is -0.124. The number of benzene rings is 2. The molecule has 0 unspecified atom stereocenters. The Hall–Kier alpha value is -3.73. The first-order valence-corrected chi connectivity index (χ1v) is 12.3. The van der Waals surface area contributed by atoms with Crippen molar-refractivity contribution in [3.05, 3.63) is 66.2 Å². The van der Waals surface area contributed by atoms with E-state index < -0.39 is 28.9 Å². The fourth-order valence-electron chi connectivity index (χ4n) is 2.74. The van der Waals surface area contributed by atoms with Gasteiger partial charge in [0.25, 0.3) is 11.1 Å². The summed E-state index contributed by atoms with van der Waals surface area (Å²) in [4.78, 5) is 48.8. The van der Waals surface area contributed by atoms with Gasteiger partial charge in [0, 0.05) is 6.54 Å². The highest BCUT2D eigenvalue weighted by atomic mass is 32.2. The minimum atomic E-state index is -1.16. The molecule has 194 valence electrons. The van der Waals surface area contributed by atoms with Gasteiger partial charge in [0.2, 0.25) is 5.91 Å². The first kappa shape index (κ1) is 28.5. The molecule has 4 amide bonds. The average molecular weight is 517 g/mol. The van der Waals surface area contributed by atoms with E-state index >= 15 is 0 Å². The van der Waals surface area contributed by atoms with Crippen molar-refractivity contribution in [2.24, 2.45) is 0 Å². The van der Waals surface area contributed by atoms with Crippen molar-refractivity contribution >= 4 is 34.9 Å². The molecule has 1 atom stereocenters. The van der Waals surface area contributed by atoms with Crippen LogP contribution in [0.1, 0.15) is 26.3 Å². The summed E-state index contributed by atoms with van der Waals surface area (Å²) < 4.78 is 10.8. The van der Waals surface area contributed by atoms with E-state index in [0.29, 0.717) is 30.5 Å². The molecule has 0 saturated carbocycles. The van der Waals surface area contributed by atoms with E-state index in [2.05, 4.69) is 21.5 Å². The highest BCUT2D eigenvalue weighted by Crippen LogP contribution is 2.10. The van der Waals surface area contributed by atoms with Crippen LogP contribution in [0.4, 0.5) is 9.59 Å². The van der Waals surface area contributed by atoms with Gasteiger partial charge in [0.15, 0.2) is 0 Å². The Morgan fingerprint density at radius 2 is 1.56 bits per heavy atom. The van der Waals surface area contributed by atoms with E-state index in [1.54, 1.807) is 45.0 Å². The van der Waals surface area contributed by atoms with Crippen LogP contribution in [0.5, 0.6) is 5.75 Å². The second kappa shape index (κ2) is 14.6. The average Bonchev–Trinajstić information content (AvgIpc) is 2.84. The van der Waals surface area contributed by atoms with Crippen molar-refractivity contribution in [1.82, 2.24) is 21.5 Å². The van der Waals surface area contributed by atoms with Gasteiger partial charge in [-0.25, -0.2) is 4.79 Å². The Kier molecular flexibility index (Phi) is 11.6. The number of carbonyl (C=O) groups excluding carboxylic acids is 4. The van der Waals surface area contributed by atoms with E-state index in [4.69, 9.17) is 9.47 Å². The molecule has 0 heterocycles. The summed E-state index contributed by atoms with van der Waals surface area (Å²) in [6.07, 6.45) is -0.136. The van der Waals surface area contributed by atoms with Crippen molar-refractivity contribution in [1.29, 1.82) is 0 Å². The number of para-hydroxylation sites is 1. The Balaban J connectivity index is 1.77. The molecule has 0 aliphatic carbocycles. The number of ether oxygens (including phenoxy) is 2. The topological polar surface area (TPSA) is 135 Å². The van der Waals surface area contributed by atoms with Crippen molar-refractivity contribution in [3.8, 4) is 5.75 Å². The van der Waals surface area contributed by atoms with Gasteiger partial charge in [-0.05, 0) is 44.9 Å². The lowest BCUT2D eigenvalue weighted by atomic mass is 10.1. The van der Waals surface area contributed by atoms with Crippen LogP contribution in [0, 0.1) is 0 Å². The molecule has 11 heteroatoms. The molecule has 0 fully saturated rings. The van der Waals surface area contributed by atoms with Gasteiger partial charge >= 0.3 is 6.09 Å². The number of hydrogen-bond donors (Lipinski definition) is 4. The maximum Gasteiger partial charge on any atom is 0.408 e. The van der Waals surface area contributed by atoms with Crippen LogP contribution in [-0.2, 0) is 20.7 Å². The smallest absolute Gasteiger partial charge is 0.408 e. The van der Waals surface area contributed by atoms with Crippen LogP contribution in [0.2, 0.25) is 0 Å². The zero-order valence-electron chi connectivity index (χ0n) is 20.5. The second-order valence-electron chi connectivity index (χ2n) is 8.60. The number of alkyl carbamates (subject to hydrolysis) is 1. The monoisotopic (exact) mass is 516 g/mol. The molecule has 0 radical (unpaired) electrons. The fraction of sp³-hybridized carbons (Fsp3) is 0.360. The predicted octanol–water partition coefficient (Wildman–Crippen LogP) is 2.79. The molecule has 0 saturated heterocycles. The summed E-state index contributed by atoms with van der Waals surface area (Å²) in [7, 11) is 0. The van der Waals surface area contributed by atoms with E-state index in [0.717, 1.165) is 5.56 Å². The summed E-state index contributed by atoms with van der Waals surface area (Å²) in [5.41, 5.74) is 4.78. The molecule has 0 aliphatic heterocycles. The predicted molar refractivity (Wildman–Crippen MR) is 137 cm³/mol. The molecule has 36 heavy (non-hydrogen) atoms. The van der Waals surface area contributed by atoms with Crippen LogP contribution in [0.25, 0.3) is 0 Å². The van der Waals surface area contributed by atoms with Gasteiger partial charge in [0.1, 0.15) is 24.0 Å². The standard InChI is InChI=1S/C25H32N4O6S/c1-25(2,3)35-23(32)27-20(16-34-19-12-8-5-9-13-19)22(31)28-29-24(33)36-17-21(30)26-15-14-18-10-6-4-7-11-18/h4-13,20H,14-17H2,1-3H3,(H,26,30)(H,27,32)(H,28,31)(H,29,33)/t20-/m0/s1. The number of hydrazine groups is 1. The maximum atomic E-state index is 12.6. The van der Waals surface area contributed by atoms with Crippen LogP contribution in [-0.4, -0.2) is 53.7 Å². The summed E-state index contributed by atoms with van der Waals surface area (Å²) in [5.74, 6) is -0.650. The summed E-state index contributed by atoms with van der Waals surface area (Å²) in [5, 5.41) is 4.53. The lowest BCUT2D eigenvalue weighted by Crippen LogP contribution is -2.54. The third-order valence-corrected chi connectivity index (χ3v) is 5.14. The Bertz CT molecular complexity index is 999. The van der Waals surface area contributed by atoms with Gasteiger partial charge in [0.05, 0.1) is 5.75 Å². The SMILES string of the molecule is CC(C)(C)OC(=O)N[C@@H](COc1ccccc1)C(=O)NNC(=O)SCC(=O)NCCc1ccccc1. The number of carbonyl (C=O) groups is 4. The largest absolute Gasteiger partial charge is 0.491 e. The molecule has 0 aliphatic rings. The molecular weight excluding hydrogens is 484 g/mol. The number of amides is 4. The lowest BCUT2D eigenvalue weighted by Gasteiger charge is -2.23. The third-order valence-electron chi connectivity index (χ3n) is 4.37. The zero-order valence-corrected chi connectivity index (χ0v) is 21.4. The molecule has 2 aromatic rings. The first-order chi connectivity index (χ1) is 17.1. The Morgan fingerprint density at radius 3 is 2.19 bits per heavy atom. The van der Waals surface area contributed by atoms with Crippen molar-refractivity contribution in [2.45, 2.75) is 38.8 Å². The fourth-order valence-corrected chi connectivity index (χ4v) is 3.23. The molecule has 0 spiro atoms. The summed E-state index contributed by atoms with van der Waals surface area (Å²) in [6, 6.07) is 17.3. The van der Waals surface area contributed by atoms with E-state index in [9.17, 15) is 19.2 Å². The van der Waals surface area contributed by atoms with Crippen molar-refractivity contribution < 1.29 is 28.7 Å². The van der Waals surface area contributed by atoms with Crippen LogP contribution < -0.4 is 26.2 Å². The molecule has 4 N–H and O–H groups in total. The van der Waals surface area contributed by atoms with Crippen molar-refractivity contribution in [3.63, 3.8) is 0 Å². The molecule has 0 bridgehead atoms. The summed E-state index contributed by atoms with van der Waals surface area (Å²) >= 11 is 0.696. The van der Waals surface area contributed by atoms with Gasteiger partial charge in [-0.3, -0.25) is 25.2 Å². The summed E-state index contributed by atoms with van der Waals surface area (Å²) in [6.45, 7) is 5.31. The normalized spacial score (nSPS) is 11.5. The highest BCUT2D eigenvalue weighted by molar-refractivity contribution is 8.14. The van der Waals surface area contributed by atoms with Crippen molar-refractivity contribution in [2.75, 3.05) is 18.9 Å². The van der Waals surface area contributed by atoms with Gasteiger partial charge in [-0.15, -0.1) is 0 Å². The van der Waals surface area contributed by atoms with E-state index in [1.165, 1.54) is 0 Å². The molecule has 0 aromatic heterocycles. The second-order valence-corrected chi connectivity index (χ2v) is 9.55.